The second-order valence-corrected chi connectivity index (χ2v) is 6.30. The van der Waals surface area contributed by atoms with E-state index in [0.29, 0.717) is 18.2 Å². The first kappa shape index (κ1) is 14.9. The SMILES string of the molecule is CCCCCOc1ccc(CNC2CC3CCC2O3)cc1. The average molecular weight is 289 g/mol. The van der Waals surface area contributed by atoms with Crippen molar-refractivity contribution in [1.82, 2.24) is 5.32 Å². The van der Waals surface area contributed by atoms with E-state index < -0.39 is 0 Å². The van der Waals surface area contributed by atoms with E-state index in [1.165, 1.54) is 37.7 Å². The summed E-state index contributed by atoms with van der Waals surface area (Å²) in [6.45, 7) is 3.96. The van der Waals surface area contributed by atoms with Gasteiger partial charge in [0.05, 0.1) is 18.8 Å². The van der Waals surface area contributed by atoms with Crippen molar-refractivity contribution in [3.05, 3.63) is 29.8 Å². The molecule has 2 aliphatic rings. The predicted octanol–water partition coefficient (Wildman–Crippen LogP) is 3.67. The van der Waals surface area contributed by atoms with Gasteiger partial charge in [0.2, 0.25) is 0 Å². The van der Waals surface area contributed by atoms with E-state index in [9.17, 15) is 0 Å². The van der Waals surface area contributed by atoms with Gasteiger partial charge < -0.3 is 14.8 Å². The fourth-order valence-electron chi connectivity index (χ4n) is 3.35. The van der Waals surface area contributed by atoms with E-state index in [1.807, 2.05) is 0 Å². The lowest BCUT2D eigenvalue weighted by molar-refractivity contribution is 0.0973. The Morgan fingerprint density at radius 2 is 2.05 bits per heavy atom. The fourth-order valence-corrected chi connectivity index (χ4v) is 3.35. The molecule has 1 N–H and O–H groups in total. The highest BCUT2D eigenvalue weighted by Crippen LogP contribution is 2.34. The van der Waals surface area contributed by atoms with Crippen LogP contribution in [0.4, 0.5) is 0 Å². The molecule has 0 aromatic heterocycles. The summed E-state index contributed by atoms with van der Waals surface area (Å²) in [5.74, 6) is 0.984. The molecular weight excluding hydrogens is 262 g/mol. The van der Waals surface area contributed by atoms with Gasteiger partial charge in [0.25, 0.3) is 0 Å². The van der Waals surface area contributed by atoms with Crippen LogP contribution in [0.5, 0.6) is 5.75 Å². The van der Waals surface area contributed by atoms with Gasteiger partial charge >= 0.3 is 0 Å². The number of benzene rings is 1. The Labute approximate surface area is 128 Å². The van der Waals surface area contributed by atoms with Crippen molar-refractivity contribution in [3.8, 4) is 5.75 Å². The Balaban J connectivity index is 1.40. The summed E-state index contributed by atoms with van der Waals surface area (Å²) in [5.41, 5.74) is 1.32. The maximum absolute atomic E-state index is 5.87. The lowest BCUT2D eigenvalue weighted by Crippen LogP contribution is -2.36. The molecule has 2 aliphatic heterocycles. The predicted molar refractivity (Wildman–Crippen MR) is 84.6 cm³/mol. The Bertz CT molecular complexity index is 431. The molecule has 3 nitrogen and oxygen atoms in total. The first-order chi connectivity index (χ1) is 10.3. The lowest BCUT2D eigenvalue weighted by atomic mass is 9.95. The summed E-state index contributed by atoms with van der Waals surface area (Å²) in [6, 6.07) is 9.04. The maximum Gasteiger partial charge on any atom is 0.119 e. The molecule has 3 atom stereocenters. The van der Waals surface area contributed by atoms with Gasteiger partial charge in [0.1, 0.15) is 5.75 Å². The molecule has 116 valence electrons. The Kier molecular flexibility index (Phi) is 5.15. The average Bonchev–Trinajstić information content (AvgIpc) is 3.13. The third kappa shape index (κ3) is 3.98. The smallest absolute Gasteiger partial charge is 0.119 e. The highest BCUT2D eigenvalue weighted by atomic mass is 16.5. The van der Waals surface area contributed by atoms with Crippen molar-refractivity contribution in [2.45, 2.75) is 70.2 Å². The minimum Gasteiger partial charge on any atom is -0.494 e. The van der Waals surface area contributed by atoms with Crippen LogP contribution < -0.4 is 10.1 Å². The van der Waals surface area contributed by atoms with Crippen molar-refractivity contribution < 1.29 is 9.47 Å². The number of rotatable bonds is 8. The fraction of sp³-hybridized carbons (Fsp3) is 0.667. The summed E-state index contributed by atoms with van der Waals surface area (Å²) in [7, 11) is 0. The summed E-state index contributed by atoms with van der Waals surface area (Å²) in [5, 5.41) is 3.64. The molecule has 1 aromatic carbocycles. The molecule has 2 saturated heterocycles. The molecule has 2 fully saturated rings. The van der Waals surface area contributed by atoms with E-state index in [1.54, 1.807) is 0 Å². The number of ether oxygens (including phenoxy) is 2. The molecule has 21 heavy (non-hydrogen) atoms. The van der Waals surface area contributed by atoms with E-state index in [4.69, 9.17) is 9.47 Å². The lowest BCUT2D eigenvalue weighted by Gasteiger charge is -2.20. The van der Waals surface area contributed by atoms with Crippen molar-refractivity contribution in [3.63, 3.8) is 0 Å². The van der Waals surface area contributed by atoms with Gasteiger partial charge in [-0.3, -0.25) is 0 Å². The zero-order chi connectivity index (χ0) is 14.5. The molecule has 3 heteroatoms. The second-order valence-electron chi connectivity index (χ2n) is 6.30. The van der Waals surface area contributed by atoms with E-state index in [0.717, 1.165) is 25.3 Å². The van der Waals surface area contributed by atoms with Crippen LogP contribution in [0.25, 0.3) is 0 Å². The second kappa shape index (κ2) is 7.28. The van der Waals surface area contributed by atoms with Crippen LogP contribution in [0.3, 0.4) is 0 Å². The van der Waals surface area contributed by atoms with Crippen molar-refractivity contribution >= 4 is 0 Å². The molecule has 1 aromatic rings. The van der Waals surface area contributed by atoms with Crippen molar-refractivity contribution in [1.29, 1.82) is 0 Å². The maximum atomic E-state index is 5.87. The number of hydrogen-bond donors (Lipinski definition) is 1. The molecule has 3 unspecified atom stereocenters. The van der Waals surface area contributed by atoms with Gasteiger partial charge in [-0.05, 0) is 43.4 Å². The molecule has 2 bridgehead atoms. The highest BCUT2D eigenvalue weighted by Gasteiger charge is 2.40. The first-order valence-corrected chi connectivity index (χ1v) is 8.45. The quantitative estimate of drug-likeness (QED) is 0.741. The van der Waals surface area contributed by atoms with Crippen LogP contribution in [-0.4, -0.2) is 24.9 Å². The highest BCUT2D eigenvalue weighted by molar-refractivity contribution is 5.27. The molecule has 2 heterocycles. The zero-order valence-electron chi connectivity index (χ0n) is 13.0. The molecular formula is C18H27NO2. The zero-order valence-corrected chi connectivity index (χ0v) is 13.0. The summed E-state index contributed by atoms with van der Waals surface area (Å²) in [6.07, 6.45) is 8.27. The Morgan fingerprint density at radius 1 is 1.19 bits per heavy atom. The van der Waals surface area contributed by atoms with Gasteiger partial charge in [0, 0.05) is 12.6 Å². The number of nitrogens with one attached hydrogen (secondary N) is 1. The molecule has 0 spiro atoms. The molecule has 0 saturated carbocycles. The van der Waals surface area contributed by atoms with E-state index in [-0.39, 0.29) is 0 Å². The third-order valence-electron chi connectivity index (χ3n) is 4.61. The van der Waals surface area contributed by atoms with E-state index in [2.05, 4.69) is 36.5 Å². The van der Waals surface area contributed by atoms with Gasteiger partial charge in [-0.25, -0.2) is 0 Å². The van der Waals surface area contributed by atoms with Crippen LogP contribution in [0.15, 0.2) is 24.3 Å². The Morgan fingerprint density at radius 3 is 2.71 bits per heavy atom. The molecule has 3 rings (SSSR count). The van der Waals surface area contributed by atoms with E-state index >= 15 is 0 Å². The van der Waals surface area contributed by atoms with Crippen molar-refractivity contribution in [2.75, 3.05) is 6.61 Å². The first-order valence-electron chi connectivity index (χ1n) is 8.45. The molecule has 0 aliphatic carbocycles. The largest absolute Gasteiger partial charge is 0.494 e. The normalized spacial score (nSPS) is 27.2. The topological polar surface area (TPSA) is 30.5 Å². The van der Waals surface area contributed by atoms with Crippen LogP contribution in [0, 0.1) is 0 Å². The van der Waals surface area contributed by atoms with Crippen LogP contribution >= 0.6 is 0 Å². The van der Waals surface area contributed by atoms with Gasteiger partial charge in [-0.1, -0.05) is 31.9 Å². The van der Waals surface area contributed by atoms with Crippen LogP contribution in [0.2, 0.25) is 0 Å². The van der Waals surface area contributed by atoms with Crippen LogP contribution in [-0.2, 0) is 11.3 Å². The standard InChI is InChI=1S/C18H27NO2/c1-2-3-4-11-20-15-7-5-14(6-8-15)13-19-17-12-16-9-10-18(17)21-16/h5-8,16-19H,2-4,9-13H2,1H3. The molecule has 0 amide bonds. The number of hydrogen-bond acceptors (Lipinski definition) is 3. The number of unbranched alkanes of at least 4 members (excludes halogenated alkanes) is 2. The third-order valence-corrected chi connectivity index (χ3v) is 4.61. The van der Waals surface area contributed by atoms with Crippen LogP contribution in [0.1, 0.15) is 51.0 Å². The summed E-state index contributed by atoms with van der Waals surface area (Å²) < 4.78 is 11.6. The van der Waals surface area contributed by atoms with Gasteiger partial charge in [-0.15, -0.1) is 0 Å². The minimum absolute atomic E-state index is 0.455. The monoisotopic (exact) mass is 289 g/mol. The van der Waals surface area contributed by atoms with Gasteiger partial charge in [0.15, 0.2) is 0 Å². The Hall–Kier alpha value is -1.06. The summed E-state index contributed by atoms with van der Waals surface area (Å²) in [4.78, 5) is 0. The van der Waals surface area contributed by atoms with Gasteiger partial charge in [-0.2, -0.15) is 0 Å². The van der Waals surface area contributed by atoms with Crippen molar-refractivity contribution in [2.24, 2.45) is 0 Å². The number of fused-ring (bicyclic) bond motifs is 2. The summed E-state index contributed by atoms with van der Waals surface area (Å²) >= 11 is 0. The minimum atomic E-state index is 0.455. The molecule has 0 radical (unpaired) electrons.